The molecular formula is C27H28N2O6. The number of nitrogens with zero attached hydrogens (tertiary/aromatic N) is 1. The summed E-state index contributed by atoms with van der Waals surface area (Å²) in [6, 6.07) is 12.2. The second-order valence-corrected chi connectivity index (χ2v) is 9.49. The molecule has 0 bridgehead atoms. The Balaban J connectivity index is 1.33. The van der Waals surface area contributed by atoms with Gasteiger partial charge < -0.3 is 34.2 Å². The van der Waals surface area contributed by atoms with Crippen molar-refractivity contribution in [2.45, 2.75) is 43.2 Å². The van der Waals surface area contributed by atoms with Crippen LogP contribution in [0.15, 0.2) is 42.2 Å². The van der Waals surface area contributed by atoms with E-state index in [0.29, 0.717) is 62.0 Å². The van der Waals surface area contributed by atoms with Gasteiger partial charge in [0.15, 0.2) is 17.3 Å². The van der Waals surface area contributed by atoms with Crippen LogP contribution in [0.2, 0.25) is 0 Å². The van der Waals surface area contributed by atoms with Gasteiger partial charge in [-0.2, -0.15) is 5.26 Å². The van der Waals surface area contributed by atoms with Crippen molar-refractivity contribution in [1.29, 1.82) is 5.26 Å². The summed E-state index contributed by atoms with van der Waals surface area (Å²) in [6.07, 6.45) is 3.51. The van der Waals surface area contributed by atoms with Gasteiger partial charge in [0.25, 0.3) is 0 Å². The smallest absolute Gasteiger partial charge is 0.194 e. The predicted octanol–water partition coefficient (Wildman–Crippen LogP) is 3.62. The number of methoxy groups -OCH3 is 2. The summed E-state index contributed by atoms with van der Waals surface area (Å²) in [5.74, 6) is 0.953. The van der Waals surface area contributed by atoms with Crippen LogP contribution in [0.3, 0.4) is 0 Å². The van der Waals surface area contributed by atoms with E-state index >= 15 is 0 Å². The summed E-state index contributed by atoms with van der Waals surface area (Å²) in [5, 5.41) is 10.6. The van der Waals surface area contributed by atoms with E-state index in [1.807, 2.05) is 30.3 Å². The molecule has 3 unspecified atom stereocenters. The number of hydrogen-bond donors (Lipinski definition) is 1. The SMILES string of the molecule is COc1ccc(COc2cc3c(cc2N)CC2OC=C4C2C3(C#N)CCC42OCCO2)cc1OC. The average molecular weight is 477 g/mol. The van der Waals surface area contributed by atoms with Crippen LogP contribution < -0.4 is 19.9 Å². The molecule has 0 radical (unpaired) electrons. The van der Waals surface area contributed by atoms with Crippen LogP contribution in [-0.2, 0) is 32.7 Å². The molecule has 1 saturated heterocycles. The number of fused-ring (bicyclic) bond motifs is 3. The zero-order valence-corrected chi connectivity index (χ0v) is 19.8. The van der Waals surface area contributed by atoms with E-state index < -0.39 is 11.2 Å². The number of nitrogen functional groups attached to an aromatic ring is 1. The third-order valence-corrected chi connectivity index (χ3v) is 7.83. The van der Waals surface area contributed by atoms with Crippen molar-refractivity contribution in [2.24, 2.45) is 5.92 Å². The van der Waals surface area contributed by atoms with Gasteiger partial charge in [-0.15, -0.1) is 0 Å². The number of anilines is 1. The summed E-state index contributed by atoms with van der Waals surface area (Å²) in [5.41, 5.74) is 10.0. The Morgan fingerprint density at radius 3 is 2.60 bits per heavy atom. The quantitative estimate of drug-likeness (QED) is 0.653. The molecule has 182 valence electrons. The van der Waals surface area contributed by atoms with Crippen molar-refractivity contribution in [2.75, 3.05) is 33.2 Å². The minimum atomic E-state index is -0.766. The van der Waals surface area contributed by atoms with Gasteiger partial charge in [-0.25, -0.2) is 0 Å². The third-order valence-electron chi connectivity index (χ3n) is 7.83. The monoisotopic (exact) mass is 476 g/mol. The molecule has 2 fully saturated rings. The molecule has 2 aliphatic carbocycles. The molecule has 4 aliphatic rings. The lowest BCUT2D eigenvalue weighted by molar-refractivity contribution is -0.154. The zero-order valence-electron chi connectivity index (χ0n) is 19.8. The third kappa shape index (κ3) is 3.19. The highest BCUT2D eigenvalue weighted by atomic mass is 16.7. The van der Waals surface area contributed by atoms with Crippen molar-refractivity contribution >= 4 is 5.69 Å². The van der Waals surface area contributed by atoms with Crippen LogP contribution in [0.1, 0.15) is 29.5 Å². The molecule has 0 amide bonds. The molecule has 8 nitrogen and oxygen atoms in total. The highest BCUT2D eigenvalue weighted by Gasteiger charge is 2.63. The van der Waals surface area contributed by atoms with E-state index in [2.05, 4.69) is 6.07 Å². The molecule has 2 heterocycles. The van der Waals surface area contributed by atoms with Crippen molar-refractivity contribution in [3.8, 4) is 23.3 Å². The molecular weight excluding hydrogens is 448 g/mol. The first kappa shape index (κ1) is 22.1. The van der Waals surface area contributed by atoms with Crippen molar-refractivity contribution < 1.29 is 28.4 Å². The highest BCUT2D eigenvalue weighted by molar-refractivity contribution is 5.62. The molecule has 2 aromatic rings. The lowest BCUT2D eigenvalue weighted by Crippen LogP contribution is -2.54. The maximum atomic E-state index is 10.6. The maximum absolute atomic E-state index is 10.6. The van der Waals surface area contributed by atoms with Crippen LogP contribution in [0, 0.1) is 17.2 Å². The Labute approximate surface area is 204 Å². The van der Waals surface area contributed by atoms with Crippen LogP contribution in [0.5, 0.6) is 17.2 Å². The fourth-order valence-corrected chi connectivity index (χ4v) is 6.20. The van der Waals surface area contributed by atoms with Gasteiger partial charge in [0.2, 0.25) is 0 Å². The Morgan fingerprint density at radius 1 is 1.06 bits per heavy atom. The van der Waals surface area contributed by atoms with E-state index in [4.69, 9.17) is 34.2 Å². The van der Waals surface area contributed by atoms with E-state index in [9.17, 15) is 5.26 Å². The minimum absolute atomic E-state index is 0.130. The fourth-order valence-electron chi connectivity index (χ4n) is 6.20. The first-order valence-corrected chi connectivity index (χ1v) is 11.9. The van der Waals surface area contributed by atoms with Crippen LogP contribution in [0.4, 0.5) is 5.69 Å². The molecule has 1 saturated carbocycles. The standard InChI is InChI=1S/C27H28N2O6/c1-30-21-4-3-16(9-23(21)31-2)13-32-22-12-18-17(10-20(22)29)11-24-25-19(14-33-24)27(34-7-8-35-27)6-5-26(18,25)15-28/h3-4,9-10,12,14,24-25H,5-8,11,13,29H2,1-2H3. The summed E-state index contributed by atoms with van der Waals surface area (Å²) in [6.45, 7) is 1.40. The summed E-state index contributed by atoms with van der Waals surface area (Å²) < 4.78 is 35.1. The van der Waals surface area contributed by atoms with Crippen molar-refractivity contribution in [3.63, 3.8) is 0 Å². The Bertz CT molecular complexity index is 1240. The first-order valence-electron chi connectivity index (χ1n) is 11.9. The molecule has 2 N–H and O–H groups in total. The second-order valence-electron chi connectivity index (χ2n) is 9.49. The van der Waals surface area contributed by atoms with E-state index in [-0.39, 0.29) is 12.0 Å². The normalized spacial score (nSPS) is 27.3. The maximum Gasteiger partial charge on any atom is 0.194 e. The van der Waals surface area contributed by atoms with Gasteiger partial charge in [0.05, 0.1) is 50.9 Å². The van der Waals surface area contributed by atoms with Gasteiger partial charge in [-0.1, -0.05) is 6.07 Å². The van der Waals surface area contributed by atoms with Gasteiger partial charge in [-0.3, -0.25) is 0 Å². The number of rotatable bonds is 5. The second kappa shape index (κ2) is 8.08. The van der Waals surface area contributed by atoms with E-state index in [1.54, 1.807) is 20.5 Å². The fraction of sp³-hybridized carbons (Fsp3) is 0.444. The molecule has 1 spiro atoms. The van der Waals surface area contributed by atoms with Gasteiger partial charge in [0, 0.05) is 24.3 Å². The molecule has 35 heavy (non-hydrogen) atoms. The van der Waals surface area contributed by atoms with Crippen LogP contribution in [-0.4, -0.2) is 39.3 Å². The zero-order chi connectivity index (χ0) is 24.2. The van der Waals surface area contributed by atoms with Gasteiger partial charge in [0.1, 0.15) is 18.5 Å². The van der Waals surface area contributed by atoms with Crippen molar-refractivity contribution in [3.05, 3.63) is 58.9 Å². The number of ether oxygens (including phenoxy) is 6. The number of nitriles is 1. The van der Waals surface area contributed by atoms with E-state index in [1.165, 1.54) is 0 Å². The average Bonchev–Trinajstić information content (AvgIpc) is 3.53. The minimum Gasteiger partial charge on any atom is -0.497 e. The van der Waals surface area contributed by atoms with Crippen molar-refractivity contribution in [1.82, 2.24) is 0 Å². The molecule has 0 aromatic heterocycles. The summed E-state index contributed by atoms with van der Waals surface area (Å²) in [4.78, 5) is 0. The molecule has 2 aliphatic heterocycles. The number of nitrogens with two attached hydrogens (primary N) is 1. The highest BCUT2D eigenvalue weighted by Crippen LogP contribution is 2.60. The first-order chi connectivity index (χ1) is 17.0. The van der Waals surface area contributed by atoms with Crippen LogP contribution >= 0.6 is 0 Å². The van der Waals surface area contributed by atoms with Gasteiger partial charge in [-0.05, 0) is 47.4 Å². The number of hydrogen-bond acceptors (Lipinski definition) is 8. The lowest BCUT2D eigenvalue weighted by atomic mass is 9.54. The molecule has 6 rings (SSSR count). The molecule has 8 heteroatoms. The summed E-state index contributed by atoms with van der Waals surface area (Å²) >= 11 is 0. The topological polar surface area (TPSA) is 105 Å². The van der Waals surface area contributed by atoms with Gasteiger partial charge >= 0.3 is 0 Å². The predicted molar refractivity (Wildman–Crippen MR) is 126 cm³/mol. The Kier molecular flexibility index (Phi) is 5.09. The van der Waals surface area contributed by atoms with Crippen LogP contribution in [0.25, 0.3) is 0 Å². The van der Waals surface area contributed by atoms with E-state index in [0.717, 1.165) is 22.3 Å². The molecule has 2 aromatic carbocycles. The summed E-state index contributed by atoms with van der Waals surface area (Å²) in [7, 11) is 3.20. The Hall–Kier alpha value is -3.41. The number of benzene rings is 2. The molecule has 3 atom stereocenters. The largest absolute Gasteiger partial charge is 0.497 e. The lowest BCUT2D eigenvalue weighted by Gasteiger charge is -2.49. The Morgan fingerprint density at radius 2 is 1.86 bits per heavy atom.